The third kappa shape index (κ3) is 2.64. The highest BCUT2D eigenvalue weighted by atomic mass is 16.5. The van der Waals surface area contributed by atoms with Gasteiger partial charge < -0.3 is 14.9 Å². The Morgan fingerprint density at radius 1 is 1.39 bits per heavy atom. The summed E-state index contributed by atoms with van der Waals surface area (Å²) in [5.41, 5.74) is 7.42. The van der Waals surface area contributed by atoms with Gasteiger partial charge in [0, 0.05) is 18.5 Å². The third-order valence-electron chi connectivity index (χ3n) is 3.00. The number of nitrogens with two attached hydrogens (primary N) is 1. The van der Waals surface area contributed by atoms with Crippen LogP contribution in [0, 0.1) is 5.92 Å². The number of hydrogen-bond acceptors (Lipinski definition) is 4. The molecule has 0 radical (unpaired) electrons. The van der Waals surface area contributed by atoms with Crippen LogP contribution in [0.1, 0.15) is 32.1 Å². The van der Waals surface area contributed by atoms with Crippen LogP contribution in [0.2, 0.25) is 0 Å². The first-order chi connectivity index (χ1) is 8.63. The summed E-state index contributed by atoms with van der Waals surface area (Å²) in [7, 11) is 1.64. The Kier molecular flexibility index (Phi) is 3.87. The van der Waals surface area contributed by atoms with Crippen molar-refractivity contribution < 1.29 is 9.15 Å². The minimum absolute atomic E-state index is 0.184. The van der Waals surface area contributed by atoms with Crippen molar-refractivity contribution in [1.82, 2.24) is 4.98 Å². The predicted octanol–water partition coefficient (Wildman–Crippen LogP) is 2.92. The second-order valence-electron chi connectivity index (χ2n) is 4.95. The quantitative estimate of drug-likeness (QED) is 0.883. The van der Waals surface area contributed by atoms with Gasteiger partial charge in [-0.25, -0.2) is 4.98 Å². The largest absolute Gasteiger partial charge is 0.497 e. The lowest BCUT2D eigenvalue weighted by Gasteiger charge is -2.12. The Balaban J connectivity index is 2.33. The van der Waals surface area contributed by atoms with Crippen molar-refractivity contribution >= 4 is 11.1 Å². The van der Waals surface area contributed by atoms with Crippen LogP contribution in [0.15, 0.2) is 22.6 Å². The van der Waals surface area contributed by atoms with E-state index in [-0.39, 0.29) is 5.92 Å². The van der Waals surface area contributed by atoms with Gasteiger partial charge in [0.15, 0.2) is 11.5 Å². The molecule has 1 aromatic carbocycles. The first kappa shape index (κ1) is 12.9. The molecule has 1 unspecified atom stereocenters. The number of hydrogen-bond donors (Lipinski definition) is 1. The molecule has 98 valence electrons. The van der Waals surface area contributed by atoms with Gasteiger partial charge in [0.2, 0.25) is 0 Å². The van der Waals surface area contributed by atoms with Crippen molar-refractivity contribution in [3.63, 3.8) is 0 Å². The lowest BCUT2D eigenvalue weighted by Crippen LogP contribution is -2.14. The number of methoxy groups -OCH3 is 1. The highest BCUT2D eigenvalue weighted by Gasteiger charge is 2.18. The summed E-state index contributed by atoms with van der Waals surface area (Å²) in [6, 6.07) is 5.65. The van der Waals surface area contributed by atoms with E-state index < -0.39 is 0 Å². The first-order valence-corrected chi connectivity index (χ1v) is 6.28. The molecule has 0 bridgehead atoms. The van der Waals surface area contributed by atoms with E-state index in [9.17, 15) is 0 Å². The van der Waals surface area contributed by atoms with Crippen LogP contribution in [-0.4, -0.2) is 18.6 Å². The van der Waals surface area contributed by atoms with Gasteiger partial charge >= 0.3 is 0 Å². The van der Waals surface area contributed by atoms with E-state index in [1.165, 1.54) is 0 Å². The van der Waals surface area contributed by atoms with E-state index in [2.05, 4.69) is 18.8 Å². The van der Waals surface area contributed by atoms with Gasteiger partial charge in [0.1, 0.15) is 11.3 Å². The monoisotopic (exact) mass is 248 g/mol. The molecular formula is C14H20N2O2. The zero-order valence-electron chi connectivity index (χ0n) is 11.1. The number of fused-ring (bicyclic) bond motifs is 1. The molecule has 0 saturated heterocycles. The van der Waals surface area contributed by atoms with Crippen molar-refractivity contribution in [2.24, 2.45) is 11.7 Å². The van der Waals surface area contributed by atoms with Crippen LogP contribution in [0.5, 0.6) is 5.75 Å². The smallest absolute Gasteiger partial charge is 0.199 e. The average molecular weight is 248 g/mol. The lowest BCUT2D eigenvalue weighted by atomic mass is 9.97. The highest BCUT2D eigenvalue weighted by molar-refractivity contribution is 5.74. The van der Waals surface area contributed by atoms with Gasteiger partial charge in [0.05, 0.1) is 7.11 Å². The van der Waals surface area contributed by atoms with Gasteiger partial charge in [-0.1, -0.05) is 13.8 Å². The van der Waals surface area contributed by atoms with Crippen LogP contribution in [0.3, 0.4) is 0 Å². The van der Waals surface area contributed by atoms with Crippen molar-refractivity contribution in [2.45, 2.75) is 26.2 Å². The Labute approximate surface area is 107 Å². The molecule has 2 aromatic rings. The summed E-state index contributed by atoms with van der Waals surface area (Å²) in [5.74, 6) is 2.26. The Hall–Kier alpha value is -1.55. The van der Waals surface area contributed by atoms with E-state index in [1.54, 1.807) is 7.11 Å². The van der Waals surface area contributed by atoms with Crippen molar-refractivity contribution in [3.05, 3.63) is 24.1 Å². The summed E-state index contributed by atoms with van der Waals surface area (Å²) < 4.78 is 11.0. The summed E-state index contributed by atoms with van der Waals surface area (Å²) in [6.07, 6.45) is 0.987. The van der Waals surface area contributed by atoms with Crippen LogP contribution in [0.25, 0.3) is 11.1 Å². The molecule has 0 saturated carbocycles. The third-order valence-corrected chi connectivity index (χ3v) is 3.00. The number of benzene rings is 1. The van der Waals surface area contributed by atoms with Gasteiger partial charge in [-0.3, -0.25) is 0 Å². The first-order valence-electron chi connectivity index (χ1n) is 6.28. The molecule has 0 aliphatic carbocycles. The van der Waals surface area contributed by atoms with E-state index in [1.807, 2.05) is 18.2 Å². The van der Waals surface area contributed by atoms with Gasteiger partial charge in [-0.05, 0) is 24.5 Å². The Morgan fingerprint density at radius 2 is 2.17 bits per heavy atom. The second-order valence-corrected chi connectivity index (χ2v) is 4.95. The fourth-order valence-corrected chi connectivity index (χ4v) is 2.09. The van der Waals surface area contributed by atoms with E-state index in [0.717, 1.165) is 29.2 Å². The Morgan fingerprint density at radius 3 is 2.78 bits per heavy atom. The standard InChI is InChI=1S/C14H20N2O2/c1-9(2)6-10(8-15)14-16-12-5-4-11(17-3)7-13(12)18-14/h4-5,7,9-10H,6,8,15H2,1-3H3. The summed E-state index contributed by atoms with van der Waals surface area (Å²) in [6.45, 7) is 4.91. The number of aromatic nitrogens is 1. The molecule has 0 aliphatic heterocycles. The summed E-state index contributed by atoms with van der Waals surface area (Å²) in [4.78, 5) is 4.51. The van der Waals surface area contributed by atoms with E-state index >= 15 is 0 Å². The zero-order valence-corrected chi connectivity index (χ0v) is 11.1. The topological polar surface area (TPSA) is 61.3 Å². The molecule has 0 aliphatic rings. The molecular weight excluding hydrogens is 228 g/mol. The van der Waals surface area contributed by atoms with Gasteiger partial charge in [-0.15, -0.1) is 0 Å². The van der Waals surface area contributed by atoms with Crippen molar-refractivity contribution in [2.75, 3.05) is 13.7 Å². The molecule has 2 rings (SSSR count). The lowest BCUT2D eigenvalue weighted by molar-refractivity contribution is 0.407. The molecule has 4 heteroatoms. The highest BCUT2D eigenvalue weighted by Crippen LogP contribution is 2.27. The molecule has 4 nitrogen and oxygen atoms in total. The fourth-order valence-electron chi connectivity index (χ4n) is 2.09. The molecule has 1 atom stereocenters. The zero-order chi connectivity index (χ0) is 13.1. The van der Waals surface area contributed by atoms with Crippen LogP contribution >= 0.6 is 0 Å². The van der Waals surface area contributed by atoms with Crippen LogP contribution in [-0.2, 0) is 0 Å². The fraction of sp³-hybridized carbons (Fsp3) is 0.500. The maximum Gasteiger partial charge on any atom is 0.199 e. The maximum atomic E-state index is 5.81. The van der Waals surface area contributed by atoms with Crippen LogP contribution < -0.4 is 10.5 Å². The summed E-state index contributed by atoms with van der Waals surface area (Å²) in [5, 5.41) is 0. The van der Waals surface area contributed by atoms with Crippen molar-refractivity contribution in [3.8, 4) is 5.75 Å². The van der Waals surface area contributed by atoms with Gasteiger partial charge in [-0.2, -0.15) is 0 Å². The minimum atomic E-state index is 0.184. The second kappa shape index (κ2) is 5.40. The molecule has 1 heterocycles. The number of oxazole rings is 1. The normalized spacial score (nSPS) is 13.2. The number of ether oxygens (including phenoxy) is 1. The molecule has 2 N–H and O–H groups in total. The molecule has 1 aromatic heterocycles. The predicted molar refractivity (Wildman–Crippen MR) is 71.8 cm³/mol. The molecule has 0 amide bonds. The SMILES string of the molecule is COc1ccc2nc(C(CN)CC(C)C)oc2c1. The molecule has 0 fully saturated rings. The molecule has 0 spiro atoms. The number of nitrogens with zero attached hydrogens (tertiary/aromatic N) is 1. The number of rotatable bonds is 5. The maximum absolute atomic E-state index is 5.81. The molecule has 18 heavy (non-hydrogen) atoms. The van der Waals surface area contributed by atoms with Crippen LogP contribution in [0.4, 0.5) is 0 Å². The van der Waals surface area contributed by atoms with E-state index in [0.29, 0.717) is 12.5 Å². The van der Waals surface area contributed by atoms with Crippen molar-refractivity contribution in [1.29, 1.82) is 0 Å². The Bertz CT molecular complexity index is 519. The minimum Gasteiger partial charge on any atom is -0.497 e. The summed E-state index contributed by atoms with van der Waals surface area (Å²) >= 11 is 0. The van der Waals surface area contributed by atoms with E-state index in [4.69, 9.17) is 14.9 Å². The van der Waals surface area contributed by atoms with Gasteiger partial charge in [0.25, 0.3) is 0 Å². The average Bonchev–Trinajstić information content (AvgIpc) is 2.77.